The quantitative estimate of drug-likeness (QED) is 0.179. The molecule has 0 radical (unpaired) electrons. The van der Waals surface area contributed by atoms with Crippen molar-refractivity contribution in [2.75, 3.05) is 39.5 Å². The summed E-state index contributed by atoms with van der Waals surface area (Å²) in [4.78, 5) is 54.2. The molecule has 0 saturated carbocycles. The average molecular weight is 441 g/mol. The van der Waals surface area contributed by atoms with Gasteiger partial charge in [-0.25, -0.2) is 0 Å². The Morgan fingerprint density at radius 1 is 0.968 bits per heavy atom. The molecule has 0 spiro atoms. The van der Waals surface area contributed by atoms with Crippen LogP contribution in [0.3, 0.4) is 0 Å². The number of carbonyl (C=O) groups is 3. The third-order valence-corrected chi connectivity index (χ3v) is 3.70. The van der Waals surface area contributed by atoms with Gasteiger partial charge in [0, 0.05) is 25.5 Å². The number of carbonyl (C=O) groups excluding carboxylic acids is 3. The SMILES string of the molecule is NCC(=O)NCC(=O)CCC(=O)NCCOCCOc1ccc([N+](=O)[O-])cc1[N+](=O)[O-]. The van der Waals surface area contributed by atoms with Crippen LogP contribution in [-0.2, 0) is 19.1 Å². The van der Waals surface area contributed by atoms with Crippen molar-refractivity contribution in [3.8, 4) is 5.75 Å². The highest BCUT2D eigenvalue weighted by atomic mass is 16.6. The van der Waals surface area contributed by atoms with Gasteiger partial charge in [-0.05, 0) is 6.07 Å². The van der Waals surface area contributed by atoms with Crippen molar-refractivity contribution in [3.63, 3.8) is 0 Å². The highest BCUT2D eigenvalue weighted by Gasteiger charge is 2.20. The Labute approximate surface area is 176 Å². The van der Waals surface area contributed by atoms with Gasteiger partial charge in [-0.2, -0.15) is 0 Å². The smallest absolute Gasteiger partial charge is 0.317 e. The molecular weight excluding hydrogens is 418 g/mol. The van der Waals surface area contributed by atoms with Gasteiger partial charge in [0.25, 0.3) is 5.69 Å². The van der Waals surface area contributed by atoms with Crippen LogP contribution >= 0.6 is 0 Å². The summed E-state index contributed by atoms with van der Waals surface area (Å²) in [7, 11) is 0. The van der Waals surface area contributed by atoms with Crippen LogP contribution in [-0.4, -0.2) is 66.9 Å². The van der Waals surface area contributed by atoms with Gasteiger partial charge < -0.3 is 25.8 Å². The number of benzene rings is 1. The monoisotopic (exact) mass is 441 g/mol. The largest absolute Gasteiger partial charge is 0.484 e. The number of amides is 2. The van der Waals surface area contributed by atoms with Crippen LogP contribution in [0, 0.1) is 20.2 Å². The molecular formula is C17H23N5O9. The molecule has 2 amide bonds. The molecule has 1 aromatic carbocycles. The maximum absolute atomic E-state index is 11.6. The Balaban J connectivity index is 2.19. The fraction of sp³-hybridized carbons (Fsp3) is 0.471. The number of hydrogen-bond donors (Lipinski definition) is 3. The lowest BCUT2D eigenvalue weighted by molar-refractivity contribution is -0.394. The number of nitro groups is 2. The van der Waals surface area contributed by atoms with Gasteiger partial charge in [-0.3, -0.25) is 34.6 Å². The minimum Gasteiger partial charge on any atom is -0.484 e. The summed E-state index contributed by atoms with van der Waals surface area (Å²) in [6, 6.07) is 3.04. The predicted octanol–water partition coefficient (Wildman–Crippen LogP) is -0.561. The van der Waals surface area contributed by atoms with Crippen LogP contribution in [0.1, 0.15) is 12.8 Å². The number of nitrogens with two attached hydrogens (primary N) is 1. The molecule has 14 heteroatoms. The molecule has 0 aliphatic rings. The maximum atomic E-state index is 11.6. The van der Waals surface area contributed by atoms with Crippen molar-refractivity contribution in [2.45, 2.75) is 12.8 Å². The zero-order valence-electron chi connectivity index (χ0n) is 16.5. The first-order valence-electron chi connectivity index (χ1n) is 9.13. The molecule has 0 fully saturated rings. The summed E-state index contributed by atoms with van der Waals surface area (Å²) < 4.78 is 10.4. The Morgan fingerprint density at radius 2 is 1.71 bits per heavy atom. The fourth-order valence-corrected chi connectivity index (χ4v) is 2.16. The second kappa shape index (κ2) is 13.6. The van der Waals surface area contributed by atoms with E-state index in [-0.39, 0.29) is 69.7 Å². The van der Waals surface area contributed by atoms with Crippen LogP contribution in [0.2, 0.25) is 0 Å². The minimum atomic E-state index is -0.782. The molecule has 0 heterocycles. The third kappa shape index (κ3) is 10.1. The van der Waals surface area contributed by atoms with Crippen LogP contribution in [0.15, 0.2) is 18.2 Å². The molecule has 0 unspecified atom stereocenters. The highest BCUT2D eigenvalue weighted by molar-refractivity contribution is 5.89. The van der Waals surface area contributed by atoms with E-state index in [0.717, 1.165) is 18.2 Å². The number of Topliss-reactive ketones (excluding diaryl/α,β-unsaturated/α-hetero) is 1. The lowest BCUT2D eigenvalue weighted by atomic mass is 10.2. The lowest BCUT2D eigenvalue weighted by Gasteiger charge is -2.08. The minimum absolute atomic E-state index is 0.0284. The number of nitro benzene ring substituents is 2. The van der Waals surface area contributed by atoms with Crippen LogP contribution < -0.4 is 21.1 Å². The Hall–Kier alpha value is -3.65. The molecule has 4 N–H and O–H groups in total. The van der Waals surface area contributed by atoms with Crippen molar-refractivity contribution in [1.29, 1.82) is 0 Å². The standard InChI is InChI=1S/C17H23N5O9/c18-10-17(25)20-11-13(23)2-4-16(24)19-5-6-30-7-8-31-15-3-1-12(21(26)27)9-14(15)22(28)29/h1,3,9H,2,4-8,10-11,18H2,(H,19,24)(H,20,25). The van der Waals surface area contributed by atoms with Crippen molar-refractivity contribution >= 4 is 29.0 Å². The molecule has 0 atom stereocenters. The second-order valence-electron chi connectivity index (χ2n) is 6.00. The van der Waals surface area contributed by atoms with Crippen molar-refractivity contribution in [3.05, 3.63) is 38.4 Å². The first-order valence-corrected chi connectivity index (χ1v) is 9.13. The molecule has 170 valence electrons. The summed E-state index contributed by atoms with van der Waals surface area (Å²) in [6.07, 6.45) is -0.0658. The van der Waals surface area contributed by atoms with Gasteiger partial charge in [0.15, 0.2) is 11.5 Å². The Kier molecular flexibility index (Phi) is 11.1. The fourth-order valence-electron chi connectivity index (χ4n) is 2.16. The Bertz CT molecular complexity index is 815. The van der Waals surface area contributed by atoms with E-state index in [1.807, 2.05) is 0 Å². The number of nitrogens with zero attached hydrogens (tertiary/aromatic N) is 2. The van der Waals surface area contributed by atoms with E-state index in [4.69, 9.17) is 15.2 Å². The lowest BCUT2D eigenvalue weighted by Crippen LogP contribution is -2.35. The molecule has 31 heavy (non-hydrogen) atoms. The van der Waals surface area contributed by atoms with Gasteiger partial charge in [-0.1, -0.05) is 0 Å². The van der Waals surface area contributed by atoms with E-state index in [1.54, 1.807) is 0 Å². The highest BCUT2D eigenvalue weighted by Crippen LogP contribution is 2.30. The van der Waals surface area contributed by atoms with Crippen LogP contribution in [0.4, 0.5) is 11.4 Å². The number of ketones is 1. The van der Waals surface area contributed by atoms with E-state index in [9.17, 15) is 34.6 Å². The summed E-state index contributed by atoms with van der Waals surface area (Å²) in [6.45, 7) is -0.0749. The molecule has 1 aromatic rings. The first-order chi connectivity index (χ1) is 14.7. The van der Waals surface area contributed by atoms with E-state index < -0.39 is 27.1 Å². The summed E-state index contributed by atoms with van der Waals surface area (Å²) in [5.41, 5.74) is 4.13. The third-order valence-electron chi connectivity index (χ3n) is 3.70. The zero-order valence-corrected chi connectivity index (χ0v) is 16.5. The van der Waals surface area contributed by atoms with E-state index in [2.05, 4.69) is 10.6 Å². The second-order valence-corrected chi connectivity index (χ2v) is 6.00. The summed E-state index contributed by atoms with van der Waals surface area (Å²) in [5, 5.41) is 26.5. The van der Waals surface area contributed by atoms with Gasteiger partial charge >= 0.3 is 5.69 Å². The average Bonchev–Trinajstić information content (AvgIpc) is 2.74. The molecule has 14 nitrogen and oxygen atoms in total. The number of non-ortho nitro benzene ring substituents is 1. The molecule has 0 aliphatic carbocycles. The Morgan fingerprint density at radius 3 is 2.35 bits per heavy atom. The predicted molar refractivity (Wildman–Crippen MR) is 105 cm³/mol. The van der Waals surface area contributed by atoms with Gasteiger partial charge in [0.05, 0.1) is 42.2 Å². The maximum Gasteiger partial charge on any atom is 0.317 e. The van der Waals surface area contributed by atoms with Crippen molar-refractivity contribution in [1.82, 2.24) is 10.6 Å². The van der Waals surface area contributed by atoms with Gasteiger partial charge in [-0.15, -0.1) is 0 Å². The molecule has 0 aliphatic heterocycles. The van der Waals surface area contributed by atoms with E-state index in [1.165, 1.54) is 0 Å². The molecule has 0 bridgehead atoms. The van der Waals surface area contributed by atoms with Crippen molar-refractivity contribution < 1.29 is 33.7 Å². The molecule has 0 aromatic heterocycles. The summed E-state index contributed by atoms with van der Waals surface area (Å²) >= 11 is 0. The zero-order chi connectivity index (χ0) is 23.2. The number of rotatable bonds is 15. The molecule has 1 rings (SSSR count). The van der Waals surface area contributed by atoms with E-state index in [0.29, 0.717) is 0 Å². The van der Waals surface area contributed by atoms with Crippen molar-refractivity contribution in [2.24, 2.45) is 5.73 Å². The van der Waals surface area contributed by atoms with Gasteiger partial charge in [0.2, 0.25) is 11.8 Å². The van der Waals surface area contributed by atoms with E-state index >= 15 is 0 Å². The number of nitrogens with one attached hydrogen (secondary N) is 2. The normalized spacial score (nSPS) is 10.2. The first kappa shape index (κ1) is 25.4. The topological polar surface area (TPSA) is 206 Å². The molecule has 0 saturated heterocycles. The number of hydrogen-bond acceptors (Lipinski definition) is 10. The number of ether oxygens (including phenoxy) is 2. The summed E-state index contributed by atoms with van der Waals surface area (Å²) in [5.74, 6) is -1.24. The van der Waals surface area contributed by atoms with Crippen LogP contribution in [0.25, 0.3) is 0 Å². The van der Waals surface area contributed by atoms with Gasteiger partial charge in [0.1, 0.15) is 6.61 Å². The van der Waals surface area contributed by atoms with Crippen LogP contribution in [0.5, 0.6) is 5.75 Å².